The van der Waals surface area contributed by atoms with Crippen LogP contribution in [0.25, 0.3) is 6.08 Å². The zero-order chi connectivity index (χ0) is 17.4. The van der Waals surface area contributed by atoms with Crippen molar-refractivity contribution in [3.63, 3.8) is 0 Å². The Balaban J connectivity index is 2.04. The second-order valence-electron chi connectivity index (χ2n) is 5.03. The van der Waals surface area contributed by atoms with Crippen LogP contribution in [0.4, 0.5) is 5.69 Å². The maximum absolute atomic E-state index is 12.9. The number of nitrogens with one attached hydrogen (secondary N) is 1. The van der Waals surface area contributed by atoms with Crippen molar-refractivity contribution in [2.45, 2.75) is 6.92 Å². The molecule has 0 saturated carbocycles. The number of thiocarbonyl (C=S) groups is 1. The van der Waals surface area contributed by atoms with Crippen LogP contribution in [0.2, 0.25) is 4.34 Å². The molecule has 1 N–H and O–H groups in total. The van der Waals surface area contributed by atoms with Gasteiger partial charge in [0, 0.05) is 9.35 Å². The van der Waals surface area contributed by atoms with Gasteiger partial charge >= 0.3 is 0 Å². The van der Waals surface area contributed by atoms with Crippen molar-refractivity contribution in [1.82, 2.24) is 5.32 Å². The van der Waals surface area contributed by atoms with Crippen LogP contribution in [0.5, 0.6) is 0 Å². The Morgan fingerprint density at radius 1 is 1.29 bits per heavy atom. The fraction of sp³-hybridized carbons (Fsp3) is 0.0625. The van der Waals surface area contributed by atoms with Crippen molar-refractivity contribution >= 4 is 79.8 Å². The molecule has 0 aliphatic carbocycles. The molecule has 1 aliphatic rings. The van der Waals surface area contributed by atoms with Gasteiger partial charge in [0.2, 0.25) is 0 Å². The summed E-state index contributed by atoms with van der Waals surface area (Å²) in [5, 5.41) is 2.63. The predicted molar refractivity (Wildman–Crippen MR) is 104 cm³/mol. The Labute approximate surface area is 161 Å². The third-order valence-corrected chi connectivity index (χ3v) is 5.34. The molecule has 2 aromatic rings. The lowest BCUT2D eigenvalue weighted by Crippen LogP contribution is -2.54. The summed E-state index contributed by atoms with van der Waals surface area (Å²) in [6, 6.07) is 8.94. The van der Waals surface area contributed by atoms with Crippen LogP contribution in [0.1, 0.15) is 10.4 Å². The molecule has 0 spiro atoms. The lowest BCUT2D eigenvalue weighted by Gasteiger charge is -2.30. The molecule has 8 heteroatoms. The Morgan fingerprint density at radius 3 is 2.67 bits per heavy atom. The molecule has 0 radical (unpaired) electrons. The lowest BCUT2D eigenvalue weighted by atomic mass is 10.1. The van der Waals surface area contributed by atoms with Gasteiger partial charge in [0.15, 0.2) is 5.11 Å². The van der Waals surface area contributed by atoms with Gasteiger partial charge in [-0.05, 0) is 61.1 Å². The van der Waals surface area contributed by atoms with Crippen LogP contribution in [0.3, 0.4) is 0 Å². The zero-order valence-corrected chi connectivity index (χ0v) is 16.3. The van der Waals surface area contributed by atoms with E-state index in [1.54, 1.807) is 18.2 Å². The molecule has 1 saturated heterocycles. The summed E-state index contributed by atoms with van der Waals surface area (Å²) in [4.78, 5) is 27.1. The van der Waals surface area contributed by atoms with E-state index in [1.807, 2.05) is 19.1 Å². The highest BCUT2D eigenvalue weighted by Crippen LogP contribution is 2.29. The standard InChI is InChI=1S/C16H10BrClN2O2S2/c1-8-6-9(17)2-4-12(8)20-15(22)11(14(21)19-16(20)23)7-10-3-5-13(18)24-10/h2-7H,1H3,(H,19,21,23). The second-order valence-corrected chi connectivity index (χ2v) is 8.08. The van der Waals surface area contributed by atoms with Crippen molar-refractivity contribution in [2.24, 2.45) is 0 Å². The third-order valence-electron chi connectivity index (χ3n) is 3.38. The second kappa shape index (κ2) is 6.76. The van der Waals surface area contributed by atoms with Crippen LogP contribution in [-0.4, -0.2) is 16.9 Å². The van der Waals surface area contributed by atoms with E-state index in [2.05, 4.69) is 21.2 Å². The van der Waals surface area contributed by atoms with Crippen LogP contribution in [-0.2, 0) is 9.59 Å². The van der Waals surface area contributed by atoms with E-state index < -0.39 is 11.8 Å². The molecule has 0 bridgehead atoms. The van der Waals surface area contributed by atoms with Gasteiger partial charge in [0.05, 0.1) is 10.0 Å². The Kier molecular flexibility index (Phi) is 4.87. The van der Waals surface area contributed by atoms with E-state index in [9.17, 15) is 9.59 Å². The minimum atomic E-state index is -0.513. The first kappa shape index (κ1) is 17.3. The molecule has 0 atom stereocenters. The fourth-order valence-corrected chi connectivity index (χ4v) is 4.05. The molecule has 3 rings (SSSR count). The highest BCUT2D eigenvalue weighted by molar-refractivity contribution is 9.10. The van der Waals surface area contributed by atoms with Crippen molar-refractivity contribution in [3.05, 3.63) is 55.2 Å². The third kappa shape index (κ3) is 3.30. The number of nitrogens with zero attached hydrogens (tertiary/aromatic N) is 1. The minimum absolute atomic E-state index is 0.0180. The quantitative estimate of drug-likeness (QED) is 0.429. The van der Waals surface area contributed by atoms with Gasteiger partial charge in [0.25, 0.3) is 11.8 Å². The maximum Gasteiger partial charge on any atom is 0.270 e. The monoisotopic (exact) mass is 440 g/mol. The molecule has 122 valence electrons. The Bertz CT molecular complexity index is 907. The molecule has 2 amide bonds. The van der Waals surface area contributed by atoms with Gasteiger partial charge in [-0.15, -0.1) is 11.3 Å². The topological polar surface area (TPSA) is 49.4 Å². The van der Waals surface area contributed by atoms with Crippen molar-refractivity contribution in [3.8, 4) is 0 Å². The summed E-state index contributed by atoms with van der Waals surface area (Å²) >= 11 is 15.8. The average Bonchev–Trinajstić information content (AvgIpc) is 2.91. The molecule has 0 unspecified atom stereocenters. The van der Waals surface area contributed by atoms with Crippen LogP contribution in [0, 0.1) is 6.92 Å². The Hall–Kier alpha value is -1.54. The summed E-state index contributed by atoms with van der Waals surface area (Å²) in [6.07, 6.45) is 1.52. The summed E-state index contributed by atoms with van der Waals surface area (Å²) in [6.45, 7) is 1.87. The SMILES string of the molecule is Cc1cc(Br)ccc1N1C(=O)C(=Cc2ccc(Cl)s2)C(=O)NC1=S. The highest BCUT2D eigenvalue weighted by atomic mass is 79.9. The van der Waals surface area contributed by atoms with Crippen molar-refractivity contribution in [2.75, 3.05) is 4.90 Å². The van der Waals surface area contributed by atoms with Crippen LogP contribution in [0.15, 0.2) is 40.4 Å². The van der Waals surface area contributed by atoms with Crippen LogP contribution < -0.4 is 10.2 Å². The van der Waals surface area contributed by atoms with Crippen LogP contribution >= 0.6 is 51.1 Å². The number of halogens is 2. The molecule has 24 heavy (non-hydrogen) atoms. The first-order chi connectivity index (χ1) is 11.4. The molecule has 1 aromatic carbocycles. The van der Waals surface area contributed by atoms with Crippen molar-refractivity contribution < 1.29 is 9.59 Å². The van der Waals surface area contributed by atoms with Crippen molar-refractivity contribution in [1.29, 1.82) is 0 Å². The number of benzene rings is 1. The largest absolute Gasteiger partial charge is 0.298 e. The molecule has 4 nitrogen and oxygen atoms in total. The smallest absolute Gasteiger partial charge is 0.270 e. The average molecular weight is 442 g/mol. The predicted octanol–water partition coefficient (Wildman–Crippen LogP) is 4.30. The van der Waals surface area contributed by atoms with Gasteiger partial charge in [-0.1, -0.05) is 27.5 Å². The summed E-state index contributed by atoms with van der Waals surface area (Å²) in [5.41, 5.74) is 1.50. The summed E-state index contributed by atoms with van der Waals surface area (Å²) in [7, 11) is 0. The first-order valence-corrected chi connectivity index (χ1v) is 9.19. The van der Waals surface area contributed by atoms with E-state index in [1.165, 1.54) is 22.3 Å². The Morgan fingerprint density at radius 2 is 2.04 bits per heavy atom. The summed E-state index contributed by atoms with van der Waals surface area (Å²) in [5.74, 6) is -0.973. The summed E-state index contributed by atoms with van der Waals surface area (Å²) < 4.78 is 1.48. The fourth-order valence-electron chi connectivity index (χ4n) is 2.29. The molecular weight excluding hydrogens is 432 g/mol. The minimum Gasteiger partial charge on any atom is -0.298 e. The molecule has 1 aliphatic heterocycles. The molecule has 1 aromatic heterocycles. The van der Waals surface area contributed by atoms with Gasteiger partial charge in [-0.25, -0.2) is 0 Å². The first-order valence-electron chi connectivity index (χ1n) is 6.80. The number of anilines is 1. The molecule has 2 heterocycles. The lowest BCUT2D eigenvalue weighted by molar-refractivity contribution is -0.122. The molecular formula is C16H10BrClN2O2S2. The zero-order valence-electron chi connectivity index (χ0n) is 12.3. The number of aryl methyl sites for hydroxylation is 1. The van der Waals surface area contributed by atoms with Gasteiger partial charge in [-0.3, -0.25) is 19.8 Å². The van der Waals surface area contributed by atoms with Gasteiger partial charge < -0.3 is 0 Å². The van der Waals surface area contributed by atoms with E-state index >= 15 is 0 Å². The number of carbonyl (C=O) groups is 2. The van der Waals surface area contributed by atoms with Gasteiger partial charge in [0.1, 0.15) is 5.57 Å². The van der Waals surface area contributed by atoms with Gasteiger partial charge in [-0.2, -0.15) is 0 Å². The number of amides is 2. The number of hydrogen-bond donors (Lipinski definition) is 1. The van der Waals surface area contributed by atoms with E-state index in [0.717, 1.165) is 14.9 Å². The normalized spacial score (nSPS) is 16.7. The highest BCUT2D eigenvalue weighted by Gasteiger charge is 2.35. The maximum atomic E-state index is 12.9. The molecule has 1 fully saturated rings. The van der Waals surface area contributed by atoms with E-state index in [0.29, 0.717) is 10.0 Å². The number of hydrogen-bond acceptors (Lipinski definition) is 4. The van der Waals surface area contributed by atoms with E-state index in [-0.39, 0.29) is 10.7 Å². The number of carbonyl (C=O) groups excluding carboxylic acids is 2. The van der Waals surface area contributed by atoms with E-state index in [4.69, 9.17) is 23.8 Å². The number of rotatable bonds is 2. The number of thiophene rings is 1.